The average Bonchev–Trinajstić information content (AvgIpc) is 2.73. The van der Waals surface area contributed by atoms with Crippen LogP contribution in [0.3, 0.4) is 0 Å². The molecule has 3 saturated carbocycles. The van der Waals surface area contributed by atoms with E-state index in [-0.39, 0.29) is 38.5 Å². The van der Waals surface area contributed by atoms with Gasteiger partial charge in [0.05, 0.1) is 0 Å². The molecule has 0 N–H and O–H groups in total. The first-order chi connectivity index (χ1) is 16.0. The van der Waals surface area contributed by atoms with E-state index in [1.807, 2.05) is 0 Å². The van der Waals surface area contributed by atoms with Gasteiger partial charge in [0.2, 0.25) is 0 Å². The number of alkyl halides is 9. The van der Waals surface area contributed by atoms with Gasteiger partial charge in [0, 0.05) is 6.55 Å². The molecule has 0 saturated heterocycles. The normalized spacial score (nSPS) is 25.9. The molecular weight excluding hydrogens is 511 g/mol. The summed E-state index contributed by atoms with van der Waals surface area (Å²) < 4.78 is 145. The third-order valence-electron chi connectivity index (χ3n) is 7.68. The Labute approximate surface area is 200 Å². The minimum Gasteiger partial charge on any atom is -0.358 e. The summed E-state index contributed by atoms with van der Waals surface area (Å²) in [6.07, 6.45) is -16.6. The van der Waals surface area contributed by atoms with Crippen molar-refractivity contribution in [2.45, 2.75) is 138 Å². The van der Waals surface area contributed by atoms with E-state index in [1.165, 1.54) is 0 Å². The highest BCUT2D eigenvalue weighted by Gasteiger charge is 2.69. The Balaban J connectivity index is 2.08. The van der Waals surface area contributed by atoms with E-state index in [0.717, 1.165) is 6.55 Å². The third-order valence-corrected chi connectivity index (χ3v) is 9.96. The van der Waals surface area contributed by atoms with Gasteiger partial charge in [0.1, 0.15) is 0 Å². The van der Waals surface area contributed by atoms with E-state index in [1.54, 1.807) is 0 Å². The Hall–Kier alpha value is -0.533. The van der Waals surface area contributed by atoms with Crippen LogP contribution >= 0.6 is 0 Å². The predicted octanol–water partition coefficient (Wildman–Crippen LogP) is 8.40. The highest BCUT2D eigenvalue weighted by atomic mass is 28.4. The first kappa shape index (κ1) is 29.0. The molecule has 0 spiro atoms. The van der Waals surface area contributed by atoms with Gasteiger partial charge < -0.3 is 13.3 Å². The largest absolute Gasteiger partial charge is 0.499 e. The Morgan fingerprint density at radius 2 is 0.629 bits per heavy atom. The fourth-order valence-electron chi connectivity index (χ4n) is 5.83. The second kappa shape index (κ2) is 9.98. The van der Waals surface area contributed by atoms with Crippen LogP contribution in [-0.4, -0.2) is 44.1 Å². The second-order valence-corrected chi connectivity index (χ2v) is 12.7. The molecule has 3 aliphatic carbocycles. The van der Waals surface area contributed by atoms with Crippen molar-refractivity contribution in [2.24, 2.45) is 0 Å². The summed E-state index contributed by atoms with van der Waals surface area (Å²) in [7, 11) is -5.22. The van der Waals surface area contributed by atoms with Gasteiger partial charge in [-0.2, -0.15) is 39.5 Å². The fraction of sp³-hybridized carbons (Fsp3) is 1.00. The summed E-state index contributed by atoms with van der Waals surface area (Å²) in [5.41, 5.74) is -8.72. The van der Waals surface area contributed by atoms with Crippen LogP contribution in [0.1, 0.15) is 96.3 Å². The summed E-state index contributed by atoms with van der Waals surface area (Å²) in [5.74, 6) is 0. The van der Waals surface area contributed by atoms with Gasteiger partial charge in [-0.15, -0.1) is 0 Å². The second-order valence-electron chi connectivity index (χ2n) is 10.3. The lowest BCUT2D eigenvalue weighted by molar-refractivity contribution is -0.316. The lowest BCUT2D eigenvalue weighted by Gasteiger charge is -2.51. The van der Waals surface area contributed by atoms with Crippen molar-refractivity contribution in [3.8, 4) is 0 Å². The molecular formula is C22H33F9O3Si. The van der Waals surface area contributed by atoms with Crippen molar-refractivity contribution >= 4 is 8.80 Å². The maximum Gasteiger partial charge on any atom is 0.499 e. The number of hydrogen-bond acceptors (Lipinski definition) is 3. The molecule has 0 aromatic heterocycles. The molecule has 0 aromatic rings. The average molecular weight is 545 g/mol. The zero-order valence-corrected chi connectivity index (χ0v) is 20.7. The third kappa shape index (κ3) is 5.98. The van der Waals surface area contributed by atoms with Crippen molar-refractivity contribution < 1.29 is 52.8 Å². The van der Waals surface area contributed by atoms with Crippen molar-refractivity contribution in [1.82, 2.24) is 0 Å². The van der Waals surface area contributed by atoms with E-state index in [9.17, 15) is 39.5 Å². The quantitative estimate of drug-likeness (QED) is 0.248. The SMILES string of the molecule is C[Si](OC1(C(F)(F)F)CCCCC1)(OC1(C(F)(F)F)CCCCC1)OC1(C(F)(F)F)CCCCC1. The molecule has 0 aromatic carbocycles. The molecule has 0 bridgehead atoms. The Morgan fingerprint density at radius 3 is 0.800 bits per heavy atom. The lowest BCUT2D eigenvalue weighted by Crippen LogP contribution is -2.67. The van der Waals surface area contributed by atoms with E-state index in [0.29, 0.717) is 19.3 Å². The van der Waals surface area contributed by atoms with Crippen LogP contribution in [0.25, 0.3) is 0 Å². The summed E-state index contributed by atoms with van der Waals surface area (Å²) in [4.78, 5) is 0. The van der Waals surface area contributed by atoms with Crippen LogP contribution in [0, 0.1) is 0 Å². The highest BCUT2D eigenvalue weighted by Crippen LogP contribution is 2.53. The van der Waals surface area contributed by atoms with Gasteiger partial charge in [-0.05, 0) is 38.5 Å². The van der Waals surface area contributed by atoms with E-state index in [4.69, 9.17) is 13.3 Å². The lowest BCUT2D eigenvalue weighted by atomic mass is 9.84. The van der Waals surface area contributed by atoms with Crippen LogP contribution < -0.4 is 0 Å². The molecule has 0 atom stereocenters. The van der Waals surface area contributed by atoms with Gasteiger partial charge >= 0.3 is 27.3 Å². The first-order valence-electron chi connectivity index (χ1n) is 12.3. The molecule has 3 nitrogen and oxygen atoms in total. The van der Waals surface area contributed by atoms with Gasteiger partial charge in [-0.1, -0.05) is 57.8 Å². The topological polar surface area (TPSA) is 27.7 Å². The highest BCUT2D eigenvalue weighted by molar-refractivity contribution is 6.59. The molecule has 0 heterocycles. The van der Waals surface area contributed by atoms with Crippen LogP contribution in [0.15, 0.2) is 0 Å². The van der Waals surface area contributed by atoms with Gasteiger partial charge in [-0.3, -0.25) is 0 Å². The monoisotopic (exact) mass is 544 g/mol. The maximum absolute atomic E-state index is 14.3. The standard InChI is InChI=1S/C22H33F9O3Si/c1-35(32-17(20(23,24)25)11-5-2-6-12-17,33-18(21(26,27)28)13-7-3-8-14-18)34-19(22(29,30)31)15-9-4-10-16-19/h2-16H2,1H3. The number of rotatable bonds is 6. The van der Waals surface area contributed by atoms with E-state index >= 15 is 0 Å². The zero-order valence-electron chi connectivity index (χ0n) is 19.7. The molecule has 0 amide bonds. The van der Waals surface area contributed by atoms with Crippen molar-refractivity contribution in [3.63, 3.8) is 0 Å². The van der Waals surface area contributed by atoms with Crippen LogP contribution in [0.4, 0.5) is 39.5 Å². The molecule has 206 valence electrons. The van der Waals surface area contributed by atoms with Crippen molar-refractivity contribution in [3.05, 3.63) is 0 Å². The maximum atomic E-state index is 14.3. The Morgan fingerprint density at radius 1 is 0.429 bits per heavy atom. The zero-order chi connectivity index (χ0) is 26.2. The molecule has 0 radical (unpaired) electrons. The molecule has 0 aliphatic heterocycles. The van der Waals surface area contributed by atoms with Crippen LogP contribution in [-0.2, 0) is 13.3 Å². The molecule has 3 fully saturated rings. The molecule has 0 unspecified atom stereocenters. The smallest absolute Gasteiger partial charge is 0.358 e. The van der Waals surface area contributed by atoms with Gasteiger partial charge in [0.15, 0.2) is 16.8 Å². The van der Waals surface area contributed by atoms with Gasteiger partial charge in [-0.25, -0.2) is 0 Å². The minimum absolute atomic E-state index is 0.0822. The van der Waals surface area contributed by atoms with Crippen LogP contribution in [0.5, 0.6) is 0 Å². The minimum atomic E-state index is -5.22. The number of halogens is 9. The predicted molar refractivity (Wildman–Crippen MR) is 110 cm³/mol. The summed E-state index contributed by atoms with van der Waals surface area (Å²) in [6, 6.07) is 0. The van der Waals surface area contributed by atoms with E-state index in [2.05, 4.69) is 0 Å². The first-order valence-corrected chi connectivity index (χ1v) is 14.5. The fourth-order valence-corrected chi connectivity index (χ4v) is 9.04. The molecule has 3 rings (SSSR count). The molecule has 35 heavy (non-hydrogen) atoms. The van der Waals surface area contributed by atoms with E-state index < -0.39 is 82.7 Å². The summed E-state index contributed by atoms with van der Waals surface area (Å²) in [6.45, 7) is 0.791. The molecule has 13 heteroatoms. The van der Waals surface area contributed by atoms with Crippen molar-refractivity contribution in [1.29, 1.82) is 0 Å². The number of hydrogen-bond donors (Lipinski definition) is 0. The van der Waals surface area contributed by atoms with Crippen molar-refractivity contribution in [2.75, 3.05) is 0 Å². The molecule has 3 aliphatic rings. The Kier molecular flexibility index (Phi) is 8.27. The Bertz CT molecular complexity index is 609. The van der Waals surface area contributed by atoms with Gasteiger partial charge in [0.25, 0.3) is 0 Å². The van der Waals surface area contributed by atoms with Crippen LogP contribution in [0.2, 0.25) is 6.55 Å². The summed E-state index contributed by atoms with van der Waals surface area (Å²) >= 11 is 0. The summed E-state index contributed by atoms with van der Waals surface area (Å²) in [5, 5.41) is 0.